The molecule has 2 rings (SSSR count). The third-order valence-electron chi connectivity index (χ3n) is 3.53. The molecule has 2 atom stereocenters. The number of hydrogen-bond donors (Lipinski definition) is 3. The quantitative estimate of drug-likeness (QED) is 0.796. The smallest absolute Gasteiger partial charge is 0.407 e. The second kappa shape index (κ2) is 6.47. The summed E-state index contributed by atoms with van der Waals surface area (Å²) in [6.45, 7) is 8.29. The number of rotatable bonds is 4. The van der Waals surface area contributed by atoms with E-state index in [0.29, 0.717) is 0 Å². The lowest BCUT2D eigenvalue weighted by Crippen LogP contribution is -2.47. The van der Waals surface area contributed by atoms with E-state index in [1.54, 1.807) is 0 Å². The molecule has 0 radical (unpaired) electrons. The molecule has 6 heteroatoms. The number of aromatic nitrogens is 2. The van der Waals surface area contributed by atoms with Crippen molar-refractivity contribution in [2.24, 2.45) is 0 Å². The number of aryl methyl sites for hydroxylation is 1. The molecule has 118 valence electrons. The molecule has 0 aromatic carbocycles. The lowest BCUT2D eigenvalue weighted by molar-refractivity contribution is 0.0498. The van der Waals surface area contributed by atoms with Crippen molar-refractivity contribution in [3.8, 4) is 0 Å². The van der Waals surface area contributed by atoms with Crippen molar-refractivity contribution in [3.63, 3.8) is 0 Å². The van der Waals surface area contributed by atoms with Crippen molar-refractivity contribution in [2.45, 2.75) is 71.2 Å². The molecule has 1 heterocycles. The number of carbonyl (C=O) groups is 1. The van der Waals surface area contributed by atoms with Gasteiger partial charge in [-0.2, -0.15) is 0 Å². The number of ether oxygens (including phenoxy) is 1. The Morgan fingerprint density at radius 2 is 2.14 bits per heavy atom. The van der Waals surface area contributed by atoms with Gasteiger partial charge >= 0.3 is 6.09 Å². The number of H-pyrrole nitrogens is 1. The van der Waals surface area contributed by atoms with Gasteiger partial charge in [0, 0.05) is 30.5 Å². The van der Waals surface area contributed by atoms with Crippen LogP contribution in [-0.2, 0) is 11.3 Å². The van der Waals surface area contributed by atoms with Crippen molar-refractivity contribution in [2.75, 3.05) is 0 Å². The Bertz CT molecular complexity index is 478. The van der Waals surface area contributed by atoms with Crippen molar-refractivity contribution in [3.05, 3.63) is 17.7 Å². The number of carbonyl (C=O) groups excluding carboxylic acids is 1. The zero-order valence-corrected chi connectivity index (χ0v) is 13.3. The summed E-state index contributed by atoms with van der Waals surface area (Å²) in [6, 6.07) is 0.407. The Labute approximate surface area is 126 Å². The molecular weight excluding hydrogens is 268 g/mol. The maximum atomic E-state index is 11.9. The van der Waals surface area contributed by atoms with Crippen LogP contribution in [0.5, 0.6) is 0 Å². The molecule has 1 fully saturated rings. The first-order valence-electron chi connectivity index (χ1n) is 7.57. The number of amides is 1. The molecule has 2 unspecified atom stereocenters. The molecule has 3 N–H and O–H groups in total. The molecule has 1 aromatic heterocycles. The van der Waals surface area contributed by atoms with Crippen LogP contribution in [-0.4, -0.2) is 33.7 Å². The molecule has 0 saturated heterocycles. The van der Waals surface area contributed by atoms with E-state index in [-0.39, 0.29) is 18.2 Å². The monoisotopic (exact) mass is 294 g/mol. The van der Waals surface area contributed by atoms with Gasteiger partial charge in [0.05, 0.1) is 0 Å². The molecule has 6 nitrogen and oxygen atoms in total. The van der Waals surface area contributed by atoms with Gasteiger partial charge in [-0.3, -0.25) is 0 Å². The van der Waals surface area contributed by atoms with Gasteiger partial charge in [-0.15, -0.1) is 0 Å². The van der Waals surface area contributed by atoms with E-state index in [1.807, 2.05) is 33.9 Å². The van der Waals surface area contributed by atoms with Crippen molar-refractivity contribution < 1.29 is 9.53 Å². The fraction of sp³-hybridized carbons (Fsp3) is 0.733. The van der Waals surface area contributed by atoms with Crippen molar-refractivity contribution >= 4 is 6.09 Å². The van der Waals surface area contributed by atoms with Crippen LogP contribution in [0.1, 0.15) is 51.6 Å². The zero-order chi connectivity index (χ0) is 15.5. The van der Waals surface area contributed by atoms with E-state index in [1.165, 1.54) is 0 Å². The number of nitrogens with one attached hydrogen (secondary N) is 3. The van der Waals surface area contributed by atoms with Gasteiger partial charge in [0.25, 0.3) is 0 Å². The van der Waals surface area contributed by atoms with Crippen LogP contribution >= 0.6 is 0 Å². The number of nitrogens with zero attached hydrogens (tertiary/aromatic N) is 1. The third-order valence-corrected chi connectivity index (χ3v) is 3.53. The van der Waals surface area contributed by atoms with E-state index >= 15 is 0 Å². The fourth-order valence-electron chi connectivity index (χ4n) is 2.64. The van der Waals surface area contributed by atoms with E-state index in [4.69, 9.17) is 4.74 Å². The van der Waals surface area contributed by atoms with Crippen molar-refractivity contribution in [1.29, 1.82) is 0 Å². The predicted molar refractivity (Wildman–Crippen MR) is 81.0 cm³/mol. The van der Waals surface area contributed by atoms with Gasteiger partial charge in [-0.05, 0) is 47.0 Å². The SMILES string of the molecule is Cc1ncc(CNC2CCCC2NC(=O)OC(C)(C)C)[nH]1. The fourth-order valence-corrected chi connectivity index (χ4v) is 2.64. The van der Waals surface area contributed by atoms with Crippen LogP contribution in [0.2, 0.25) is 0 Å². The Morgan fingerprint density at radius 3 is 2.76 bits per heavy atom. The molecule has 1 amide bonds. The predicted octanol–water partition coefficient (Wildman–Crippen LogP) is 2.25. The normalized spacial score (nSPS) is 22.3. The molecular formula is C15H26N4O2. The maximum Gasteiger partial charge on any atom is 0.407 e. The lowest BCUT2D eigenvalue weighted by atomic mass is 10.1. The van der Waals surface area contributed by atoms with Crippen LogP contribution in [0.15, 0.2) is 6.20 Å². The largest absolute Gasteiger partial charge is 0.444 e. The first-order valence-corrected chi connectivity index (χ1v) is 7.57. The average Bonchev–Trinajstić information content (AvgIpc) is 2.93. The summed E-state index contributed by atoms with van der Waals surface area (Å²) < 4.78 is 5.32. The minimum Gasteiger partial charge on any atom is -0.444 e. The van der Waals surface area contributed by atoms with E-state index in [9.17, 15) is 4.79 Å². The molecule has 1 aliphatic rings. The van der Waals surface area contributed by atoms with Crippen LogP contribution in [0, 0.1) is 6.92 Å². The third kappa shape index (κ3) is 5.04. The Morgan fingerprint density at radius 1 is 1.43 bits per heavy atom. The second-order valence-electron chi connectivity index (χ2n) is 6.66. The summed E-state index contributed by atoms with van der Waals surface area (Å²) in [7, 11) is 0. The van der Waals surface area contributed by atoms with Crippen LogP contribution in [0.3, 0.4) is 0 Å². The van der Waals surface area contributed by atoms with E-state index < -0.39 is 5.60 Å². The molecule has 1 aromatic rings. The minimum atomic E-state index is -0.459. The second-order valence-corrected chi connectivity index (χ2v) is 6.66. The standard InChI is InChI=1S/C15H26N4O2/c1-10-16-8-11(18-10)9-17-12-6-5-7-13(12)19-14(20)21-15(2,3)4/h8,12-13,17H,5-7,9H2,1-4H3,(H,16,18)(H,19,20). The van der Waals surface area contributed by atoms with Crippen LogP contribution < -0.4 is 10.6 Å². The summed E-state index contributed by atoms with van der Waals surface area (Å²) in [5, 5.41) is 6.47. The Hall–Kier alpha value is -1.56. The topological polar surface area (TPSA) is 79.0 Å². The van der Waals surface area contributed by atoms with Gasteiger partial charge in [0.2, 0.25) is 0 Å². The maximum absolute atomic E-state index is 11.9. The highest BCUT2D eigenvalue weighted by atomic mass is 16.6. The summed E-state index contributed by atoms with van der Waals surface area (Å²) in [5.41, 5.74) is 0.606. The zero-order valence-electron chi connectivity index (χ0n) is 13.3. The molecule has 21 heavy (non-hydrogen) atoms. The van der Waals surface area contributed by atoms with Gasteiger partial charge in [-0.25, -0.2) is 9.78 Å². The molecule has 0 spiro atoms. The first-order chi connectivity index (χ1) is 9.83. The van der Waals surface area contributed by atoms with Crippen LogP contribution in [0.4, 0.5) is 4.79 Å². The average molecular weight is 294 g/mol. The van der Waals surface area contributed by atoms with Crippen molar-refractivity contribution in [1.82, 2.24) is 20.6 Å². The Kier molecular flexibility index (Phi) is 4.88. The highest BCUT2D eigenvalue weighted by Gasteiger charge is 2.29. The number of aromatic amines is 1. The van der Waals surface area contributed by atoms with Crippen LogP contribution in [0.25, 0.3) is 0 Å². The minimum absolute atomic E-state index is 0.129. The lowest BCUT2D eigenvalue weighted by Gasteiger charge is -2.25. The molecule has 0 bridgehead atoms. The van der Waals surface area contributed by atoms with E-state index in [0.717, 1.165) is 37.3 Å². The van der Waals surface area contributed by atoms with E-state index in [2.05, 4.69) is 20.6 Å². The summed E-state index contributed by atoms with van der Waals surface area (Å²) in [5.74, 6) is 0.918. The first kappa shape index (κ1) is 15.8. The number of alkyl carbamates (subject to hydrolysis) is 1. The van der Waals surface area contributed by atoms with Gasteiger partial charge in [0.15, 0.2) is 0 Å². The highest BCUT2D eigenvalue weighted by molar-refractivity contribution is 5.68. The summed E-state index contributed by atoms with van der Waals surface area (Å²) in [4.78, 5) is 19.2. The summed E-state index contributed by atoms with van der Waals surface area (Å²) >= 11 is 0. The molecule has 1 saturated carbocycles. The number of imidazole rings is 1. The highest BCUT2D eigenvalue weighted by Crippen LogP contribution is 2.20. The molecule has 1 aliphatic carbocycles. The number of hydrogen-bond acceptors (Lipinski definition) is 4. The summed E-state index contributed by atoms with van der Waals surface area (Å²) in [6.07, 6.45) is 4.67. The van der Waals surface area contributed by atoms with Gasteiger partial charge < -0.3 is 20.4 Å². The van der Waals surface area contributed by atoms with Gasteiger partial charge in [0.1, 0.15) is 11.4 Å². The Balaban J connectivity index is 1.81. The molecule has 0 aliphatic heterocycles. The van der Waals surface area contributed by atoms with Gasteiger partial charge in [-0.1, -0.05) is 0 Å².